The van der Waals surface area contributed by atoms with Gasteiger partial charge in [-0.15, -0.1) is 0 Å². The van der Waals surface area contributed by atoms with Crippen LogP contribution in [0.4, 0.5) is 5.69 Å². The van der Waals surface area contributed by atoms with Crippen LogP contribution in [0.15, 0.2) is 48.8 Å². The van der Waals surface area contributed by atoms with Crippen LogP contribution in [0.25, 0.3) is 23.3 Å². The molecular weight excluding hydrogens is 258 g/mol. The summed E-state index contributed by atoms with van der Waals surface area (Å²) in [4.78, 5) is 4.32. The molecule has 94 valence electrons. The lowest BCUT2D eigenvalue weighted by Crippen LogP contribution is -1.86. The van der Waals surface area contributed by atoms with E-state index in [-0.39, 0.29) is 0 Å². The second-order valence-electron chi connectivity index (χ2n) is 4.24. The number of halogens is 1. The summed E-state index contributed by atoms with van der Waals surface area (Å²) < 4.78 is 1.95. The molecule has 0 amide bonds. The minimum atomic E-state index is 0.676. The van der Waals surface area contributed by atoms with Crippen molar-refractivity contribution < 1.29 is 0 Å². The zero-order chi connectivity index (χ0) is 13.2. The first-order valence-corrected chi connectivity index (χ1v) is 6.26. The number of nitrogen functional groups attached to an aromatic ring is 1. The molecule has 1 heterocycles. The summed E-state index contributed by atoms with van der Waals surface area (Å²) >= 11 is 6.12. The fourth-order valence-electron chi connectivity index (χ4n) is 1.95. The SMILES string of the molecule is Nc1ccc(Cl)c(/C=C/n2cnc3ccccc32)c1. The second-order valence-corrected chi connectivity index (χ2v) is 4.64. The Hall–Kier alpha value is -2.26. The summed E-state index contributed by atoms with van der Waals surface area (Å²) in [6.07, 6.45) is 5.63. The fourth-order valence-corrected chi connectivity index (χ4v) is 2.13. The third-order valence-corrected chi connectivity index (χ3v) is 3.26. The first-order chi connectivity index (χ1) is 9.24. The molecule has 1 aromatic heterocycles. The molecule has 0 spiro atoms. The lowest BCUT2D eigenvalue weighted by molar-refractivity contribution is 1.18. The molecule has 0 saturated carbocycles. The number of hydrogen-bond donors (Lipinski definition) is 1. The number of nitrogens with zero attached hydrogens (tertiary/aromatic N) is 2. The molecular formula is C15H12ClN3. The third kappa shape index (κ3) is 2.33. The lowest BCUT2D eigenvalue weighted by atomic mass is 10.2. The minimum absolute atomic E-state index is 0.676. The van der Waals surface area contributed by atoms with Crippen LogP contribution in [-0.2, 0) is 0 Å². The molecule has 0 saturated heterocycles. The third-order valence-electron chi connectivity index (χ3n) is 2.92. The van der Waals surface area contributed by atoms with E-state index >= 15 is 0 Å². The Balaban J connectivity index is 2.00. The molecule has 3 rings (SSSR count). The summed E-state index contributed by atoms with van der Waals surface area (Å²) in [6.45, 7) is 0. The Morgan fingerprint density at radius 1 is 1.16 bits per heavy atom. The van der Waals surface area contributed by atoms with Crippen molar-refractivity contribution in [3.63, 3.8) is 0 Å². The van der Waals surface area contributed by atoms with E-state index in [9.17, 15) is 0 Å². The first kappa shape index (κ1) is 11.8. The number of anilines is 1. The summed E-state index contributed by atoms with van der Waals surface area (Å²) in [5.74, 6) is 0. The summed E-state index contributed by atoms with van der Waals surface area (Å²) in [6, 6.07) is 13.4. The van der Waals surface area contributed by atoms with E-state index in [2.05, 4.69) is 4.98 Å². The van der Waals surface area contributed by atoms with Crippen molar-refractivity contribution in [1.29, 1.82) is 0 Å². The molecule has 0 radical (unpaired) electrons. The van der Waals surface area contributed by atoms with Gasteiger partial charge in [-0.1, -0.05) is 23.7 Å². The molecule has 2 aromatic carbocycles. The van der Waals surface area contributed by atoms with Crippen LogP contribution >= 0.6 is 11.6 Å². The lowest BCUT2D eigenvalue weighted by Gasteiger charge is -2.00. The number of para-hydroxylation sites is 2. The van der Waals surface area contributed by atoms with Crippen molar-refractivity contribution in [3.8, 4) is 0 Å². The van der Waals surface area contributed by atoms with Crippen molar-refractivity contribution in [1.82, 2.24) is 9.55 Å². The van der Waals surface area contributed by atoms with E-state index in [1.807, 2.05) is 47.2 Å². The number of nitrogens with two attached hydrogens (primary N) is 1. The topological polar surface area (TPSA) is 43.8 Å². The zero-order valence-electron chi connectivity index (χ0n) is 10.1. The van der Waals surface area contributed by atoms with E-state index in [4.69, 9.17) is 17.3 Å². The molecule has 3 nitrogen and oxygen atoms in total. The Kier molecular flexibility index (Phi) is 2.97. The van der Waals surface area contributed by atoms with Crippen LogP contribution in [0.3, 0.4) is 0 Å². The molecule has 4 heteroatoms. The predicted molar refractivity (Wildman–Crippen MR) is 80.8 cm³/mol. The monoisotopic (exact) mass is 269 g/mol. The van der Waals surface area contributed by atoms with Gasteiger partial charge in [-0.3, -0.25) is 0 Å². The highest BCUT2D eigenvalue weighted by molar-refractivity contribution is 6.32. The minimum Gasteiger partial charge on any atom is -0.399 e. The predicted octanol–water partition coefficient (Wildman–Crippen LogP) is 3.90. The van der Waals surface area contributed by atoms with Crippen molar-refractivity contribution in [2.75, 3.05) is 5.73 Å². The molecule has 2 N–H and O–H groups in total. The molecule has 0 fully saturated rings. The van der Waals surface area contributed by atoms with Crippen LogP contribution in [0.2, 0.25) is 5.02 Å². The molecule has 0 aliphatic rings. The molecule has 0 unspecified atom stereocenters. The van der Waals surface area contributed by atoms with Crippen molar-refractivity contribution >= 4 is 40.6 Å². The van der Waals surface area contributed by atoms with Crippen LogP contribution in [-0.4, -0.2) is 9.55 Å². The van der Waals surface area contributed by atoms with Gasteiger partial charge >= 0.3 is 0 Å². The summed E-state index contributed by atoms with van der Waals surface area (Å²) in [7, 11) is 0. The molecule has 0 aliphatic carbocycles. The number of fused-ring (bicyclic) bond motifs is 1. The van der Waals surface area contributed by atoms with Gasteiger partial charge in [0.15, 0.2) is 0 Å². The maximum absolute atomic E-state index is 6.12. The molecule has 0 aliphatic heterocycles. The molecule has 3 aromatic rings. The molecule has 0 atom stereocenters. The summed E-state index contributed by atoms with van der Waals surface area (Å²) in [5.41, 5.74) is 9.36. The molecule has 19 heavy (non-hydrogen) atoms. The van der Waals surface area contributed by atoms with Crippen molar-refractivity contribution in [3.05, 3.63) is 59.4 Å². The highest BCUT2D eigenvalue weighted by atomic mass is 35.5. The summed E-state index contributed by atoms with van der Waals surface area (Å²) in [5, 5.41) is 0.676. The van der Waals surface area contributed by atoms with Gasteiger partial charge in [0.1, 0.15) is 0 Å². The largest absolute Gasteiger partial charge is 0.399 e. The highest BCUT2D eigenvalue weighted by Gasteiger charge is 1.99. The second kappa shape index (κ2) is 4.78. The normalized spacial score (nSPS) is 11.4. The number of hydrogen-bond acceptors (Lipinski definition) is 2. The number of benzene rings is 2. The van der Waals surface area contributed by atoms with E-state index in [0.29, 0.717) is 10.7 Å². The standard InChI is InChI=1S/C15H12ClN3/c16-13-6-5-12(17)9-11(13)7-8-19-10-18-14-3-1-2-4-15(14)19/h1-10H,17H2/b8-7+. The van der Waals surface area contributed by atoms with Crippen molar-refractivity contribution in [2.45, 2.75) is 0 Å². The van der Waals surface area contributed by atoms with Crippen molar-refractivity contribution in [2.24, 2.45) is 0 Å². The van der Waals surface area contributed by atoms with E-state index in [1.165, 1.54) is 0 Å². The Morgan fingerprint density at radius 3 is 2.89 bits per heavy atom. The van der Waals surface area contributed by atoms with E-state index < -0.39 is 0 Å². The van der Waals surface area contributed by atoms with Gasteiger partial charge < -0.3 is 10.3 Å². The Labute approximate surface area is 115 Å². The van der Waals surface area contributed by atoms with Gasteiger partial charge in [-0.2, -0.15) is 0 Å². The maximum atomic E-state index is 6.12. The Bertz CT molecular complexity index is 759. The van der Waals surface area contributed by atoms with E-state index in [1.54, 1.807) is 18.5 Å². The van der Waals surface area contributed by atoms with Crippen LogP contribution < -0.4 is 5.73 Å². The molecule has 0 bridgehead atoms. The van der Waals surface area contributed by atoms with Crippen LogP contribution in [0.1, 0.15) is 5.56 Å². The van der Waals surface area contributed by atoms with Gasteiger partial charge in [-0.05, 0) is 42.0 Å². The van der Waals surface area contributed by atoms with Gasteiger partial charge in [0, 0.05) is 16.9 Å². The highest BCUT2D eigenvalue weighted by Crippen LogP contribution is 2.21. The van der Waals surface area contributed by atoms with Gasteiger partial charge in [-0.25, -0.2) is 4.98 Å². The quantitative estimate of drug-likeness (QED) is 0.717. The first-order valence-electron chi connectivity index (χ1n) is 5.89. The Morgan fingerprint density at radius 2 is 2.00 bits per heavy atom. The van der Waals surface area contributed by atoms with Gasteiger partial charge in [0.2, 0.25) is 0 Å². The average Bonchev–Trinajstić information content (AvgIpc) is 2.83. The zero-order valence-corrected chi connectivity index (χ0v) is 10.9. The number of aromatic nitrogens is 2. The van der Waals surface area contributed by atoms with Gasteiger partial charge in [0.05, 0.1) is 17.4 Å². The number of rotatable bonds is 2. The van der Waals surface area contributed by atoms with Gasteiger partial charge in [0.25, 0.3) is 0 Å². The van der Waals surface area contributed by atoms with E-state index in [0.717, 1.165) is 16.6 Å². The smallest absolute Gasteiger partial charge is 0.0999 e. The maximum Gasteiger partial charge on any atom is 0.0999 e. The number of imidazole rings is 1. The average molecular weight is 270 g/mol. The van der Waals surface area contributed by atoms with Crippen LogP contribution in [0, 0.1) is 0 Å². The van der Waals surface area contributed by atoms with Crippen LogP contribution in [0.5, 0.6) is 0 Å². The fraction of sp³-hybridized carbons (Fsp3) is 0.